The molecule has 0 aromatic heterocycles. The molecule has 0 spiro atoms. The monoisotopic (exact) mass is 305 g/mol. The van der Waals surface area contributed by atoms with Crippen LogP contribution >= 0.6 is 0 Å². The Bertz CT molecular complexity index is 479. The molecule has 4 heteroatoms. The lowest BCUT2D eigenvalue weighted by atomic mass is 9.89. The Morgan fingerprint density at radius 2 is 2.18 bits per heavy atom. The molecule has 0 aliphatic carbocycles. The van der Waals surface area contributed by atoms with Crippen LogP contribution in [0.15, 0.2) is 24.3 Å². The predicted molar refractivity (Wildman–Crippen MR) is 86.2 cm³/mol. The van der Waals surface area contributed by atoms with Crippen molar-refractivity contribution in [2.45, 2.75) is 38.3 Å². The standard InChI is InChI=1S/C18H27NO3/c1-14-5-2-3-7-18(14)22-12-10-19-9-4-6-16(19)15-13-21-11-8-17(15)20/h2-3,5,7,15-17,20H,4,6,8-13H2,1H3/t15-,16+,17-/m0/s1. The fourth-order valence-corrected chi connectivity index (χ4v) is 3.72. The van der Waals surface area contributed by atoms with E-state index in [0.717, 1.165) is 31.7 Å². The second-order valence-electron chi connectivity index (χ2n) is 6.45. The van der Waals surface area contributed by atoms with Gasteiger partial charge in [-0.3, -0.25) is 4.90 Å². The summed E-state index contributed by atoms with van der Waals surface area (Å²) in [6.07, 6.45) is 2.93. The lowest BCUT2D eigenvalue weighted by Crippen LogP contribution is -2.47. The first-order valence-electron chi connectivity index (χ1n) is 8.44. The summed E-state index contributed by atoms with van der Waals surface area (Å²) in [6.45, 7) is 6.18. The molecule has 2 fully saturated rings. The van der Waals surface area contributed by atoms with Gasteiger partial charge in [0.15, 0.2) is 0 Å². The molecule has 3 rings (SSSR count). The quantitative estimate of drug-likeness (QED) is 0.906. The largest absolute Gasteiger partial charge is 0.492 e. The Balaban J connectivity index is 1.52. The molecule has 2 aliphatic rings. The topological polar surface area (TPSA) is 41.9 Å². The van der Waals surface area contributed by atoms with Crippen LogP contribution in [0.3, 0.4) is 0 Å². The zero-order valence-corrected chi connectivity index (χ0v) is 13.4. The summed E-state index contributed by atoms with van der Waals surface area (Å²) in [4.78, 5) is 2.47. The summed E-state index contributed by atoms with van der Waals surface area (Å²) in [5.41, 5.74) is 1.18. The van der Waals surface area contributed by atoms with E-state index >= 15 is 0 Å². The average Bonchev–Trinajstić information content (AvgIpc) is 2.98. The molecule has 0 saturated carbocycles. The van der Waals surface area contributed by atoms with E-state index in [-0.39, 0.29) is 12.0 Å². The fraction of sp³-hybridized carbons (Fsp3) is 0.667. The molecule has 0 amide bonds. The molecule has 4 nitrogen and oxygen atoms in total. The third-order valence-corrected chi connectivity index (χ3v) is 5.00. The second-order valence-corrected chi connectivity index (χ2v) is 6.45. The van der Waals surface area contributed by atoms with Gasteiger partial charge in [0, 0.05) is 25.1 Å². The number of para-hydroxylation sites is 1. The number of benzene rings is 1. The normalized spacial score (nSPS) is 29.6. The maximum atomic E-state index is 10.2. The second kappa shape index (κ2) is 7.44. The molecule has 1 N–H and O–H groups in total. The SMILES string of the molecule is Cc1ccccc1OCCN1CCC[C@@H]1[C@@H]1COCC[C@@H]1O. The van der Waals surface area contributed by atoms with Crippen molar-refractivity contribution in [1.82, 2.24) is 4.90 Å². The van der Waals surface area contributed by atoms with Crippen LogP contribution in [0.1, 0.15) is 24.8 Å². The smallest absolute Gasteiger partial charge is 0.122 e. The van der Waals surface area contributed by atoms with Gasteiger partial charge in [-0.25, -0.2) is 0 Å². The molecule has 2 saturated heterocycles. The highest BCUT2D eigenvalue weighted by atomic mass is 16.5. The minimum absolute atomic E-state index is 0.211. The van der Waals surface area contributed by atoms with E-state index in [1.54, 1.807) is 0 Å². The predicted octanol–water partition coefficient (Wildman–Crippen LogP) is 2.24. The van der Waals surface area contributed by atoms with E-state index in [1.165, 1.54) is 12.0 Å². The third-order valence-electron chi connectivity index (χ3n) is 5.00. The van der Waals surface area contributed by atoms with Gasteiger partial charge in [0.1, 0.15) is 12.4 Å². The third kappa shape index (κ3) is 3.62. The van der Waals surface area contributed by atoms with Crippen molar-refractivity contribution in [3.63, 3.8) is 0 Å². The number of hydrogen-bond acceptors (Lipinski definition) is 4. The maximum Gasteiger partial charge on any atom is 0.122 e. The molecule has 0 radical (unpaired) electrons. The molecule has 1 aromatic rings. The average molecular weight is 305 g/mol. The van der Waals surface area contributed by atoms with Crippen molar-refractivity contribution in [1.29, 1.82) is 0 Å². The molecule has 0 bridgehead atoms. The molecule has 122 valence electrons. The summed E-state index contributed by atoms with van der Waals surface area (Å²) < 4.78 is 11.5. The number of aliphatic hydroxyl groups is 1. The van der Waals surface area contributed by atoms with Gasteiger partial charge in [-0.1, -0.05) is 18.2 Å². The van der Waals surface area contributed by atoms with Gasteiger partial charge in [-0.2, -0.15) is 0 Å². The fourth-order valence-electron chi connectivity index (χ4n) is 3.72. The number of rotatable bonds is 5. The Kier molecular flexibility index (Phi) is 5.34. The Labute approximate surface area is 133 Å². The van der Waals surface area contributed by atoms with Gasteiger partial charge < -0.3 is 14.6 Å². The summed E-state index contributed by atoms with van der Waals surface area (Å²) in [5, 5.41) is 10.2. The van der Waals surface area contributed by atoms with E-state index in [2.05, 4.69) is 17.9 Å². The first-order chi connectivity index (χ1) is 10.8. The minimum Gasteiger partial charge on any atom is -0.492 e. The molecule has 2 aliphatic heterocycles. The van der Waals surface area contributed by atoms with E-state index < -0.39 is 0 Å². The van der Waals surface area contributed by atoms with Crippen molar-refractivity contribution in [2.75, 3.05) is 32.9 Å². The zero-order valence-electron chi connectivity index (χ0n) is 13.4. The van der Waals surface area contributed by atoms with Crippen LogP contribution in [0.25, 0.3) is 0 Å². The van der Waals surface area contributed by atoms with Crippen molar-refractivity contribution in [3.8, 4) is 5.75 Å². The van der Waals surface area contributed by atoms with Gasteiger partial charge in [0.2, 0.25) is 0 Å². The number of aryl methyl sites for hydroxylation is 1. The number of ether oxygens (including phenoxy) is 2. The van der Waals surface area contributed by atoms with Crippen LogP contribution in [0.2, 0.25) is 0 Å². The molecule has 22 heavy (non-hydrogen) atoms. The molecular weight excluding hydrogens is 278 g/mol. The maximum absolute atomic E-state index is 10.2. The lowest BCUT2D eigenvalue weighted by Gasteiger charge is -2.37. The summed E-state index contributed by atoms with van der Waals surface area (Å²) in [7, 11) is 0. The van der Waals surface area contributed by atoms with Crippen molar-refractivity contribution in [2.24, 2.45) is 5.92 Å². The van der Waals surface area contributed by atoms with E-state index in [4.69, 9.17) is 9.47 Å². The zero-order chi connectivity index (χ0) is 15.4. The van der Waals surface area contributed by atoms with Gasteiger partial charge in [0.25, 0.3) is 0 Å². The van der Waals surface area contributed by atoms with E-state index in [0.29, 0.717) is 25.9 Å². The molecule has 3 atom stereocenters. The van der Waals surface area contributed by atoms with E-state index in [9.17, 15) is 5.11 Å². The van der Waals surface area contributed by atoms with Crippen LogP contribution < -0.4 is 4.74 Å². The van der Waals surface area contributed by atoms with Crippen LogP contribution in [0.5, 0.6) is 5.75 Å². The first-order valence-corrected chi connectivity index (χ1v) is 8.44. The highest BCUT2D eigenvalue weighted by Gasteiger charge is 2.37. The van der Waals surface area contributed by atoms with Gasteiger partial charge in [-0.15, -0.1) is 0 Å². The number of nitrogens with zero attached hydrogens (tertiary/aromatic N) is 1. The summed E-state index contributed by atoms with van der Waals surface area (Å²) >= 11 is 0. The summed E-state index contributed by atoms with van der Waals surface area (Å²) in [6, 6.07) is 8.58. The van der Waals surface area contributed by atoms with Gasteiger partial charge in [0.05, 0.1) is 12.7 Å². The van der Waals surface area contributed by atoms with Crippen LogP contribution in [-0.4, -0.2) is 55.1 Å². The molecule has 2 heterocycles. The van der Waals surface area contributed by atoms with Gasteiger partial charge in [-0.05, 0) is 44.4 Å². The number of hydrogen-bond donors (Lipinski definition) is 1. The minimum atomic E-state index is -0.211. The lowest BCUT2D eigenvalue weighted by molar-refractivity contribution is -0.0634. The Morgan fingerprint density at radius 3 is 3.00 bits per heavy atom. The highest BCUT2D eigenvalue weighted by Crippen LogP contribution is 2.29. The van der Waals surface area contributed by atoms with Crippen molar-refractivity contribution >= 4 is 0 Å². The number of aliphatic hydroxyl groups excluding tert-OH is 1. The van der Waals surface area contributed by atoms with Crippen LogP contribution in [0, 0.1) is 12.8 Å². The van der Waals surface area contributed by atoms with Crippen LogP contribution in [-0.2, 0) is 4.74 Å². The molecule has 0 unspecified atom stereocenters. The van der Waals surface area contributed by atoms with Crippen LogP contribution in [0.4, 0.5) is 0 Å². The van der Waals surface area contributed by atoms with Crippen molar-refractivity contribution in [3.05, 3.63) is 29.8 Å². The van der Waals surface area contributed by atoms with Gasteiger partial charge >= 0.3 is 0 Å². The van der Waals surface area contributed by atoms with E-state index in [1.807, 2.05) is 18.2 Å². The van der Waals surface area contributed by atoms with Crippen molar-refractivity contribution < 1.29 is 14.6 Å². The first kappa shape index (κ1) is 15.8. The Morgan fingerprint density at radius 1 is 1.32 bits per heavy atom. The molecular formula is C18H27NO3. The highest BCUT2D eigenvalue weighted by molar-refractivity contribution is 5.31. The molecule has 1 aromatic carbocycles. The number of likely N-dealkylation sites (tertiary alicyclic amines) is 1. The summed E-state index contributed by atoms with van der Waals surface area (Å²) in [5.74, 6) is 1.23. The Hall–Kier alpha value is -1.10.